The van der Waals surface area contributed by atoms with Crippen LogP contribution in [-0.2, 0) is 0 Å². The van der Waals surface area contributed by atoms with E-state index in [2.05, 4.69) is 0 Å². The zero-order chi connectivity index (χ0) is 10.7. The fourth-order valence-corrected chi connectivity index (χ4v) is 1.92. The summed E-state index contributed by atoms with van der Waals surface area (Å²) in [6.45, 7) is 1.99. The number of thiophene rings is 1. The summed E-state index contributed by atoms with van der Waals surface area (Å²) in [6, 6.07) is 11.4. The normalized spacial score (nSPS) is 9.93. The van der Waals surface area contributed by atoms with E-state index in [-0.39, 0.29) is 0 Å². The monoisotopic (exact) mass is 218 g/mol. The van der Waals surface area contributed by atoms with Crippen LogP contribution in [0.2, 0.25) is 0 Å². The van der Waals surface area contributed by atoms with Crippen molar-refractivity contribution in [3.05, 3.63) is 46.8 Å². The van der Waals surface area contributed by atoms with Crippen LogP contribution in [0.25, 0.3) is 0 Å². The van der Waals surface area contributed by atoms with Gasteiger partial charge in [-0.15, -0.1) is 0 Å². The molecule has 0 saturated heterocycles. The van der Waals surface area contributed by atoms with E-state index in [0.29, 0.717) is 4.88 Å². The smallest absolute Gasteiger partial charge is 0.181 e. The van der Waals surface area contributed by atoms with Crippen molar-refractivity contribution < 1.29 is 9.53 Å². The highest BCUT2D eigenvalue weighted by Gasteiger charge is 2.03. The molecule has 0 bridgehead atoms. The van der Waals surface area contributed by atoms with Gasteiger partial charge in [0.05, 0.1) is 4.88 Å². The zero-order valence-electron chi connectivity index (χ0n) is 8.27. The average molecular weight is 218 g/mol. The van der Waals surface area contributed by atoms with Crippen LogP contribution in [0.1, 0.15) is 15.2 Å². The molecule has 0 N–H and O–H groups in total. The molecule has 0 fully saturated rings. The van der Waals surface area contributed by atoms with Crippen molar-refractivity contribution in [2.45, 2.75) is 6.92 Å². The van der Waals surface area contributed by atoms with Crippen LogP contribution >= 0.6 is 11.3 Å². The lowest BCUT2D eigenvalue weighted by Gasteiger charge is -2.04. The van der Waals surface area contributed by atoms with Gasteiger partial charge >= 0.3 is 0 Å². The van der Waals surface area contributed by atoms with E-state index in [4.69, 9.17) is 4.74 Å². The largest absolute Gasteiger partial charge is 0.446 e. The van der Waals surface area contributed by atoms with Crippen LogP contribution in [-0.4, -0.2) is 6.29 Å². The third-order valence-corrected chi connectivity index (χ3v) is 2.91. The summed E-state index contributed by atoms with van der Waals surface area (Å²) in [4.78, 5) is 11.2. The number of carbonyl (C=O) groups is 1. The lowest BCUT2D eigenvalue weighted by atomic mass is 10.2. The van der Waals surface area contributed by atoms with Crippen molar-refractivity contribution >= 4 is 17.6 Å². The van der Waals surface area contributed by atoms with E-state index < -0.39 is 0 Å². The molecule has 0 spiro atoms. The summed E-state index contributed by atoms with van der Waals surface area (Å²) in [5.41, 5.74) is 1.08. The van der Waals surface area contributed by atoms with Crippen LogP contribution in [0.4, 0.5) is 0 Å². The summed E-state index contributed by atoms with van der Waals surface area (Å²) >= 11 is 1.35. The van der Waals surface area contributed by atoms with Gasteiger partial charge in [0, 0.05) is 0 Å². The maximum atomic E-state index is 10.5. The highest BCUT2D eigenvalue weighted by atomic mass is 32.1. The Hall–Kier alpha value is -1.61. The fourth-order valence-electron chi connectivity index (χ4n) is 1.23. The number of aldehydes is 1. The van der Waals surface area contributed by atoms with Crippen LogP contribution in [0.15, 0.2) is 36.4 Å². The minimum absolute atomic E-state index is 0.679. The van der Waals surface area contributed by atoms with Gasteiger partial charge in [-0.3, -0.25) is 4.79 Å². The van der Waals surface area contributed by atoms with Crippen LogP contribution < -0.4 is 4.74 Å². The van der Waals surface area contributed by atoms with Crippen LogP contribution in [0, 0.1) is 6.92 Å². The number of hydrogen-bond donors (Lipinski definition) is 0. The van der Waals surface area contributed by atoms with Gasteiger partial charge in [0.1, 0.15) is 5.75 Å². The van der Waals surface area contributed by atoms with Crippen molar-refractivity contribution in [3.8, 4) is 10.8 Å². The Kier molecular flexibility index (Phi) is 2.83. The third-order valence-electron chi connectivity index (χ3n) is 2.02. The van der Waals surface area contributed by atoms with Crippen molar-refractivity contribution in [3.63, 3.8) is 0 Å². The summed E-state index contributed by atoms with van der Waals surface area (Å²) in [5, 5.41) is 0.742. The first kappa shape index (κ1) is 9.93. The minimum Gasteiger partial charge on any atom is -0.446 e. The van der Waals surface area contributed by atoms with Crippen molar-refractivity contribution in [2.24, 2.45) is 0 Å². The van der Waals surface area contributed by atoms with Crippen molar-refractivity contribution in [2.75, 3.05) is 0 Å². The second-order valence-electron chi connectivity index (χ2n) is 3.14. The molecule has 0 amide bonds. The number of para-hydroxylation sites is 1. The molecular weight excluding hydrogens is 208 g/mol. The number of rotatable bonds is 3. The van der Waals surface area contributed by atoms with E-state index in [1.807, 2.05) is 31.2 Å². The molecule has 0 radical (unpaired) electrons. The number of ether oxygens (including phenoxy) is 1. The van der Waals surface area contributed by atoms with Gasteiger partial charge in [-0.2, -0.15) is 0 Å². The quantitative estimate of drug-likeness (QED) is 0.735. The Bertz CT molecular complexity index is 474. The van der Waals surface area contributed by atoms with Crippen LogP contribution in [0.3, 0.4) is 0 Å². The Morgan fingerprint density at radius 3 is 2.67 bits per heavy atom. The number of aryl methyl sites for hydroxylation is 1. The second-order valence-corrected chi connectivity index (χ2v) is 4.22. The third kappa shape index (κ3) is 2.25. The minimum atomic E-state index is 0.679. The molecular formula is C12H10O2S. The van der Waals surface area contributed by atoms with E-state index in [9.17, 15) is 4.79 Å². The molecule has 1 aromatic carbocycles. The first-order chi connectivity index (χ1) is 7.29. The van der Waals surface area contributed by atoms with Gasteiger partial charge in [0.25, 0.3) is 0 Å². The molecule has 2 aromatic rings. The van der Waals surface area contributed by atoms with Crippen LogP contribution in [0.5, 0.6) is 10.8 Å². The molecule has 1 heterocycles. The van der Waals surface area contributed by atoms with Crippen molar-refractivity contribution in [1.29, 1.82) is 0 Å². The highest BCUT2D eigenvalue weighted by Crippen LogP contribution is 2.30. The highest BCUT2D eigenvalue weighted by molar-refractivity contribution is 7.15. The predicted molar refractivity (Wildman–Crippen MR) is 61.0 cm³/mol. The van der Waals surface area contributed by atoms with E-state index in [1.165, 1.54) is 11.3 Å². The standard InChI is InChI=1S/C12H10O2S/c1-9-4-2-3-5-11(9)14-12-7-6-10(8-13)15-12/h2-8H,1H3. The van der Waals surface area contributed by atoms with Gasteiger partial charge in [-0.25, -0.2) is 0 Å². The Morgan fingerprint density at radius 1 is 1.20 bits per heavy atom. The maximum Gasteiger partial charge on any atom is 0.181 e. The van der Waals surface area contributed by atoms with Gasteiger partial charge < -0.3 is 4.74 Å². The summed E-state index contributed by atoms with van der Waals surface area (Å²) in [6.07, 6.45) is 0.829. The van der Waals surface area contributed by atoms with Gasteiger partial charge in [-0.05, 0) is 30.7 Å². The lowest BCUT2D eigenvalue weighted by molar-refractivity contribution is 0.112. The molecule has 76 valence electrons. The van der Waals surface area contributed by atoms with Crippen molar-refractivity contribution in [1.82, 2.24) is 0 Å². The van der Waals surface area contributed by atoms with Gasteiger partial charge in [0.15, 0.2) is 11.3 Å². The molecule has 0 saturated carbocycles. The molecule has 0 unspecified atom stereocenters. The Labute approximate surface area is 92.1 Å². The lowest BCUT2D eigenvalue weighted by Crippen LogP contribution is -1.83. The average Bonchev–Trinajstić information content (AvgIpc) is 2.69. The zero-order valence-corrected chi connectivity index (χ0v) is 9.08. The van der Waals surface area contributed by atoms with Gasteiger partial charge in [0.2, 0.25) is 0 Å². The number of carbonyl (C=O) groups excluding carboxylic acids is 1. The summed E-state index contributed by atoms with van der Waals surface area (Å²) < 4.78 is 5.65. The molecule has 3 heteroatoms. The maximum absolute atomic E-state index is 10.5. The topological polar surface area (TPSA) is 26.3 Å². The molecule has 0 aliphatic heterocycles. The molecule has 0 atom stereocenters. The van der Waals surface area contributed by atoms with Gasteiger partial charge in [-0.1, -0.05) is 29.5 Å². The Balaban J connectivity index is 2.22. The molecule has 0 aliphatic carbocycles. The first-order valence-electron chi connectivity index (χ1n) is 4.58. The molecule has 2 nitrogen and oxygen atoms in total. The summed E-state index contributed by atoms with van der Waals surface area (Å²) in [7, 11) is 0. The second kappa shape index (κ2) is 4.28. The number of hydrogen-bond acceptors (Lipinski definition) is 3. The first-order valence-corrected chi connectivity index (χ1v) is 5.40. The summed E-state index contributed by atoms with van der Waals surface area (Å²) in [5.74, 6) is 0.830. The Morgan fingerprint density at radius 2 is 2.00 bits per heavy atom. The molecule has 1 aromatic heterocycles. The SMILES string of the molecule is Cc1ccccc1Oc1ccc(C=O)s1. The van der Waals surface area contributed by atoms with E-state index >= 15 is 0 Å². The molecule has 0 aliphatic rings. The number of benzene rings is 1. The molecule has 2 rings (SSSR count). The van der Waals surface area contributed by atoms with E-state index in [1.54, 1.807) is 12.1 Å². The fraction of sp³-hybridized carbons (Fsp3) is 0.0833. The molecule has 15 heavy (non-hydrogen) atoms. The predicted octanol–water partition coefficient (Wildman–Crippen LogP) is 3.66. The van der Waals surface area contributed by atoms with E-state index in [0.717, 1.165) is 22.7 Å².